The number of hydrogen-bond acceptors (Lipinski definition) is 4. The number of hydrogen-bond donors (Lipinski definition) is 1. The molecule has 2 heterocycles. The Hall–Kier alpha value is -1.31. The topological polar surface area (TPSA) is 52.0 Å². The minimum absolute atomic E-state index is 0.433. The molecule has 0 atom stereocenters. The van der Waals surface area contributed by atoms with Gasteiger partial charge < -0.3 is 10.2 Å². The molecule has 0 unspecified atom stereocenters. The van der Waals surface area contributed by atoms with Crippen molar-refractivity contribution in [1.29, 1.82) is 5.26 Å². The van der Waals surface area contributed by atoms with E-state index in [1.54, 1.807) is 6.07 Å². The summed E-state index contributed by atoms with van der Waals surface area (Å²) >= 11 is 5.83. The van der Waals surface area contributed by atoms with E-state index in [-0.39, 0.29) is 0 Å². The number of anilines is 1. The average molecular weight is 223 g/mol. The van der Waals surface area contributed by atoms with Gasteiger partial charge in [0.1, 0.15) is 11.2 Å². The first-order chi connectivity index (χ1) is 7.31. The van der Waals surface area contributed by atoms with Crippen molar-refractivity contribution in [3.63, 3.8) is 0 Å². The zero-order valence-electron chi connectivity index (χ0n) is 8.20. The molecule has 0 bridgehead atoms. The lowest BCUT2D eigenvalue weighted by atomic mass is 10.2. The summed E-state index contributed by atoms with van der Waals surface area (Å²) < 4.78 is 0. The number of piperazine rings is 1. The van der Waals surface area contributed by atoms with Crippen molar-refractivity contribution in [2.24, 2.45) is 0 Å². The van der Waals surface area contributed by atoms with Crippen LogP contribution in [0.5, 0.6) is 0 Å². The average Bonchev–Trinajstić information content (AvgIpc) is 2.30. The lowest BCUT2D eigenvalue weighted by molar-refractivity contribution is 0.589. The van der Waals surface area contributed by atoms with Crippen molar-refractivity contribution in [3.8, 4) is 6.07 Å². The molecule has 15 heavy (non-hydrogen) atoms. The summed E-state index contributed by atoms with van der Waals surface area (Å²) in [5, 5.41) is 12.7. The Labute approximate surface area is 93.5 Å². The van der Waals surface area contributed by atoms with Crippen LogP contribution in [-0.2, 0) is 0 Å². The predicted octanol–water partition coefficient (Wildman–Crippen LogP) is 1.02. The molecule has 0 aliphatic carbocycles. The summed E-state index contributed by atoms with van der Waals surface area (Å²) in [6.07, 6.45) is 1.53. The van der Waals surface area contributed by atoms with Gasteiger partial charge in [0, 0.05) is 38.4 Å². The summed E-state index contributed by atoms with van der Waals surface area (Å²) in [6, 6.07) is 3.89. The second kappa shape index (κ2) is 4.47. The third-order valence-corrected chi connectivity index (χ3v) is 2.63. The van der Waals surface area contributed by atoms with Crippen molar-refractivity contribution < 1.29 is 0 Å². The SMILES string of the molecule is N#Cc1cnc(Cl)cc1N1CCNCC1. The zero-order chi connectivity index (χ0) is 10.7. The molecule has 4 nitrogen and oxygen atoms in total. The molecular formula is C10H11ClN4. The predicted molar refractivity (Wildman–Crippen MR) is 59.0 cm³/mol. The number of nitrogens with one attached hydrogen (secondary N) is 1. The maximum absolute atomic E-state index is 8.96. The van der Waals surface area contributed by atoms with Gasteiger partial charge in [0.25, 0.3) is 0 Å². The Morgan fingerprint density at radius 3 is 2.87 bits per heavy atom. The molecule has 2 rings (SSSR count). The lowest BCUT2D eigenvalue weighted by Crippen LogP contribution is -2.43. The van der Waals surface area contributed by atoms with Crippen LogP contribution >= 0.6 is 11.6 Å². The first kappa shape index (κ1) is 10.2. The molecule has 5 heteroatoms. The van der Waals surface area contributed by atoms with Crippen molar-refractivity contribution in [3.05, 3.63) is 23.0 Å². The van der Waals surface area contributed by atoms with Gasteiger partial charge in [-0.1, -0.05) is 11.6 Å². The Morgan fingerprint density at radius 1 is 1.47 bits per heavy atom. The van der Waals surface area contributed by atoms with E-state index >= 15 is 0 Å². The molecule has 1 N–H and O–H groups in total. The highest BCUT2D eigenvalue weighted by atomic mass is 35.5. The number of aromatic nitrogens is 1. The van der Waals surface area contributed by atoms with Gasteiger partial charge in [-0.3, -0.25) is 0 Å². The first-order valence-electron chi connectivity index (χ1n) is 4.82. The van der Waals surface area contributed by atoms with Crippen molar-refractivity contribution in [2.75, 3.05) is 31.1 Å². The van der Waals surface area contributed by atoms with Crippen LogP contribution in [0.4, 0.5) is 5.69 Å². The summed E-state index contributed by atoms with van der Waals surface area (Å²) in [4.78, 5) is 6.06. The van der Waals surface area contributed by atoms with E-state index < -0.39 is 0 Å². The molecule has 0 radical (unpaired) electrons. The number of rotatable bonds is 1. The highest BCUT2D eigenvalue weighted by Crippen LogP contribution is 2.22. The van der Waals surface area contributed by atoms with Gasteiger partial charge in [0.05, 0.1) is 11.3 Å². The normalized spacial score (nSPS) is 16.1. The van der Waals surface area contributed by atoms with Gasteiger partial charge >= 0.3 is 0 Å². The molecule has 1 aliphatic rings. The van der Waals surface area contributed by atoms with E-state index in [4.69, 9.17) is 16.9 Å². The van der Waals surface area contributed by atoms with Crippen LogP contribution in [0.1, 0.15) is 5.56 Å². The summed E-state index contributed by atoms with van der Waals surface area (Å²) in [5.41, 5.74) is 1.47. The van der Waals surface area contributed by atoms with Crippen LogP contribution in [0.2, 0.25) is 5.15 Å². The Morgan fingerprint density at radius 2 is 2.20 bits per heavy atom. The smallest absolute Gasteiger partial charge is 0.131 e. The molecule has 1 aliphatic heterocycles. The standard InChI is InChI=1S/C10H11ClN4/c11-10-5-9(8(6-12)7-14-10)15-3-1-13-2-4-15/h5,7,13H,1-4H2. The zero-order valence-corrected chi connectivity index (χ0v) is 8.96. The molecule has 1 aromatic heterocycles. The quantitative estimate of drug-likeness (QED) is 0.721. The van der Waals surface area contributed by atoms with Gasteiger partial charge in [-0.25, -0.2) is 4.98 Å². The molecule has 0 aromatic carbocycles. The van der Waals surface area contributed by atoms with E-state index in [0.717, 1.165) is 31.9 Å². The van der Waals surface area contributed by atoms with Crippen LogP contribution in [-0.4, -0.2) is 31.2 Å². The third-order valence-electron chi connectivity index (χ3n) is 2.43. The largest absolute Gasteiger partial charge is 0.368 e. The van der Waals surface area contributed by atoms with Crippen LogP contribution in [0.15, 0.2) is 12.3 Å². The fraction of sp³-hybridized carbons (Fsp3) is 0.400. The maximum Gasteiger partial charge on any atom is 0.131 e. The Kier molecular flexibility index (Phi) is 3.05. The fourth-order valence-corrected chi connectivity index (χ4v) is 1.83. The van der Waals surface area contributed by atoms with Crippen molar-refractivity contribution in [2.45, 2.75) is 0 Å². The summed E-state index contributed by atoms with van der Waals surface area (Å²) in [5.74, 6) is 0. The molecule has 1 aromatic rings. The number of halogens is 1. The second-order valence-corrected chi connectivity index (χ2v) is 3.76. The molecule has 0 spiro atoms. The van der Waals surface area contributed by atoms with E-state index in [1.165, 1.54) is 6.20 Å². The molecular weight excluding hydrogens is 212 g/mol. The summed E-state index contributed by atoms with van der Waals surface area (Å²) in [7, 11) is 0. The third kappa shape index (κ3) is 2.20. The van der Waals surface area contributed by atoms with Crippen LogP contribution in [0, 0.1) is 11.3 Å². The van der Waals surface area contributed by atoms with Gasteiger partial charge in [0.2, 0.25) is 0 Å². The summed E-state index contributed by atoms with van der Waals surface area (Å²) in [6.45, 7) is 3.67. The molecule has 0 saturated carbocycles. The molecule has 1 fully saturated rings. The lowest BCUT2D eigenvalue weighted by Gasteiger charge is -2.29. The monoisotopic (exact) mass is 222 g/mol. The highest BCUT2D eigenvalue weighted by Gasteiger charge is 2.14. The number of nitrogens with zero attached hydrogens (tertiary/aromatic N) is 3. The first-order valence-corrected chi connectivity index (χ1v) is 5.20. The van der Waals surface area contributed by atoms with E-state index in [9.17, 15) is 0 Å². The highest BCUT2D eigenvalue weighted by molar-refractivity contribution is 6.29. The van der Waals surface area contributed by atoms with Crippen molar-refractivity contribution in [1.82, 2.24) is 10.3 Å². The second-order valence-electron chi connectivity index (χ2n) is 3.37. The fourth-order valence-electron chi connectivity index (χ4n) is 1.67. The number of pyridine rings is 1. The van der Waals surface area contributed by atoms with Gasteiger partial charge in [-0.2, -0.15) is 5.26 Å². The van der Waals surface area contributed by atoms with E-state index in [1.807, 2.05) is 0 Å². The number of nitriles is 1. The molecule has 78 valence electrons. The van der Waals surface area contributed by atoms with Crippen molar-refractivity contribution >= 4 is 17.3 Å². The van der Waals surface area contributed by atoms with Crippen LogP contribution < -0.4 is 10.2 Å². The Bertz CT molecular complexity index is 393. The molecule has 0 amide bonds. The van der Waals surface area contributed by atoms with Crippen LogP contribution in [0.25, 0.3) is 0 Å². The van der Waals surface area contributed by atoms with Gasteiger partial charge in [-0.05, 0) is 0 Å². The van der Waals surface area contributed by atoms with E-state index in [0.29, 0.717) is 10.7 Å². The maximum atomic E-state index is 8.96. The molecule has 1 saturated heterocycles. The minimum atomic E-state index is 0.433. The van der Waals surface area contributed by atoms with Gasteiger partial charge in [0.15, 0.2) is 0 Å². The Balaban J connectivity index is 2.32. The van der Waals surface area contributed by atoms with Crippen LogP contribution in [0.3, 0.4) is 0 Å². The van der Waals surface area contributed by atoms with Gasteiger partial charge in [-0.15, -0.1) is 0 Å². The van der Waals surface area contributed by atoms with E-state index in [2.05, 4.69) is 21.3 Å². The minimum Gasteiger partial charge on any atom is -0.368 e.